The van der Waals surface area contributed by atoms with Crippen LogP contribution in [0.1, 0.15) is 31.1 Å². The molecule has 27 heavy (non-hydrogen) atoms. The summed E-state index contributed by atoms with van der Waals surface area (Å²) < 4.78 is 25.8. The first-order valence-electron chi connectivity index (χ1n) is 9.13. The zero-order chi connectivity index (χ0) is 19.8. The molecule has 0 bridgehead atoms. The minimum atomic E-state index is -1.86. The molecule has 0 fully saturated rings. The molecule has 0 spiro atoms. The molecular weight excluding hydrogens is 362 g/mol. The summed E-state index contributed by atoms with van der Waals surface area (Å²) in [4.78, 5) is 13.9. The van der Waals surface area contributed by atoms with Crippen LogP contribution >= 0.6 is 0 Å². The Labute approximate surface area is 163 Å². The van der Waals surface area contributed by atoms with Gasteiger partial charge < -0.3 is 14.2 Å². The van der Waals surface area contributed by atoms with Crippen LogP contribution in [0, 0.1) is 5.92 Å². The number of hydrogen-bond acceptors (Lipinski definition) is 4. The Morgan fingerprint density at radius 2 is 1.85 bits per heavy atom. The molecule has 2 aromatic carbocycles. The highest BCUT2D eigenvalue weighted by molar-refractivity contribution is 7.79. The van der Waals surface area contributed by atoms with Crippen LogP contribution in [0.15, 0.2) is 42.5 Å². The molecule has 2 rings (SSSR count). The predicted molar refractivity (Wildman–Crippen MR) is 111 cm³/mol. The maximum absolute atomic E-state index is 11.7. The smallest absolute Gasteiger partial charge is 0.153 e. The van der Waals surface area contributed by atoms with E-state index in [0.717, 1.165) is 36.2 Å². The van der Waals surface area contributed by atoms with Gasteiger partial charge in [-0.25, -0.2) is 4.21 Å². The van der Waals surface area contributed by atoms with Gasteiger partial charge in [-0.1, -0.05) is 37.3 Å². The third-order valence-electron chi connectivity index (χ3n) is 4.39. The maximum Gasteiger partial charge on any atom is 0.153 e. The van der Waals surface area contributed by atoms with Gasteiger partial charge in [0.15, 0.2) is 17.4 Å². The highest BCUT2D eigenvalue weighted by Gasteiger charge is 2.17. The van der Waals surface area contributed by atoms with Gasteiger partial charge in [-0.2, -0.15) is 0 Å². The molecule has 0 aliphatic rings. The number of rotatable bonds is 10. The van der Waals surface area contributed by atoms with Crippen molar-refractivity contribution in [2.24, 2.45) is 5.92 Å². The van der Waals surface area contributed by atoms with Gasteiger partial charge in [-0.05, 0) is 25.5 Å². The van der Waals surface area contributed by atoms with Crippen LogP contribution in [0.25, 0.3) is 11.1 Å². The lowest BCUT2D eigenvalue weighted by Crippen LogP contribution is -2.23. The summed E-state index contributed by atoms with van der Waals surface area (Å²) in [5, 5.41) is 0. The van der Waals surface area contributed by atoms with Crippen molar-refractivity contribution in [3.63, 3.8) is 0 Å². The monoisotopic (exact) mass is 389 g/mol. The standard InChI is InChI=1S/C21H27NO4S/c1-4-22(5-2)20-12-21(26-14-16(3)15-27(24)25)18(13-23)11-19(20)17-9-7-6-8-10-17/h6-13,16H,4-5,14-15H2,1-3H3,(H,24,25). The SMILES string of the molecule is CCN(CC)c1cc(OCC(C)CS(=O)O)c(C=O)cc1-c1ccccc1. The van der Waals surface area contributed by atoms with Gasteiger partial charge in [0.25, 0.3) is 0 Å². The number of nitrogens with zero attached hydrogens (tertiary/aromatic N) is 1. The number of benzene rings is 2. The third kappa shape index (κ3) is 5.65. The summed E-state index contributed by atoms with van der Waals surface area (Å²) in [5.41, 5.74) is 3.50. The molecule has 0 aliphatic carbocycles. The number of aldehydes is 1. The van der Waals surface area contributed by atoms with Crippen LogP contribution in [0.5, 0.6) is 5.75 Å². The molecule has 0 saturated carbocycles. The lowest BCUT2D eigenvalue weighted by Gasteiger charge is -2.26. The van der Waals surface area contributed by atoms with E-state index in [0.29, 0.717) is 11.3 Å². The van der Waals surface area contributed by atoms with Crippen molar-refractivity contribution in [2.45, 2.75) is 20.8 Å². The van der Waals surface area contributed by atoms with Gasteiger partial charge in [0.05, 0.1) is 17.9 Å². The largest absolute Gasteiger partial charge is 0.492 e. The van der Waals surface area contributed by atoms with Gasteiger partial charge in [-0.3, -0.25) is 4.79 Å². The van der Waals surface area contributed by atoms with Crippen molar-refractivity contribution in [2.75, 3.05) is 30.3 Å². The van der Waals surface area contributed by atoms with Crippen LogP contribution < -0.4 is 9.64 Å². The fraction of sp³-hybridized carbons (Fsp3) is 0.381. The molecule has 2 unspecified atom stereocenters. The Hall–Kier alpha value is -2.18. The van der Waals surface area contributed by atoms with E-state index in [-0.39, 0.29) is 18.3 Å². The second kappa shape index (κ2) is 10.2. The molecule has 0 heterocycles. The van der Waals surface area contributed by atoms with E-state index in [1.54, 1.807) is 0 Å². The number of hydrogen-bond donors (Lipinski definition) is 1. The lowest BCUT2D eigenvalue weighted by atomic mass is 9.99. The molecule has 2 aromatic rings. The second-order valence-corrected chi connectivity index (χ2v) is 7.44. The van der Waals surface area contributed by atoms with Crippen molar-refractivity contribution in [3.8, 4) is 16.9 Å². The molecule has 0 saturated heterocycles. The number of carbonyl (C=O) groups excluding carboxylic acids is 1. The first-order valence-corrected chi connectivity index (χ1v) is 10.4. The number of anilines is 1. The van der Waals surface area contributed by atoms with Gasteiger partial charge in [0.1, 0.15) is 5.75 Å². The van der Waals surface area contributed by atoms with Crippen molar-refractivity contribution in [1.82, 2.24) is 0 Å². The van der Waals surface area contributed by atoms with Crippen LogP contribution in [-0.2, 0) is 11.1 Å². The van der Waals surface area contributed by atoms with Crippen molar-refractivity contribution in [3.05, 3.63) is 48.0 Å². The first kappa shape index (κ1) is 21.1. The average Bonchev–Trinajstić information content (AvgIpc) is 2.67. The molecule has 0 aliphatic heterocycles. The van der Waals surface area contributed by atoms with Crippen LogP contribution in [-0.4, -0.2) is 40.5 Å². The molecule has 0 aromatic heterocycles. The zero-order valence-electron chi connectivity index (χ0n) is 16.1. The molecule has 2 atom stereocenters. The first-order chi connectivity index (χ1) is 13.0. The minimum absolute atomic E-state index is 0.0963. The summed E-state index contributed by atoms with van der Waals surface area (Å²) >= 11 is -1.86. The van der Waals surface area contributed by atoms with Gasteiger partial charge in [0, 0.05) is 36.3 Å². The number of ether oxygens (including phenoxy) is 1. The molecule has 0 radical (unpaired) electrons. The molecule has 5 nitrogen and oxygen atoms in total. The van der Waals surface area contributed by atoms with E-state index in [9.17, 15) is 9.00 Å². The van der Waals surface area contributed by atoms with Gasteiger partial charge in [-0.15, -0.1) is 0 Å². The molecule has 146 valence electrons. The van der Waals surface area contributed by atoms with Gasteiger partial charge in [0.2, 0.25) is 0 Å². The average molecular weight is 390 g/mol. The van der Waals surface area contributed by atoms with Crippen LogP contribution in [0.2, 0.25) is 0 Å². The predicted octanol–water partition coefficient (Wildman–Crippen LogP) is 4.25. The fourth-order valence-corrected chi connectivity index (χ4v) is 3.58. The minimum Gasteiger partial charge on any atom is -0.492 e. The summed E-state index contributed by atoms with van der Waals surface area (Å²) in [6.07, 6.45) is 0.794. The van der Waals surface area contributed by atoms with Crippen molar-refractivity contribution < 1.29 is 18.3 Å². The Morgan fingerprint density at radius 1 is 1.19 bits per heavy atom. The van der Waals surface area contributed by atoms with Crippen molar-refractivity contribution >= 4 is 23.1 Å². The van der Waals surface area contributed by atoms with E-state index in [1.807, 2.05) is 49.4 Å². The molecular formula is C21H27NO4S. The van der Waals surface area contributed by atoms with Crippen LogP contribution in [0.4, 0.5) is 5.69 Å². The molecule has 0 amide bonds. The maximum atomic E-state index is 11.7. The van der Waals surface area contributed by atoms with Crippen molar-refractivity contribution in [1.29, 1.82) is 0 Å². The zero-order valence-corrected chi connectivity index (χ0v) is 16.9. The van der Waals surface area contributed by atoms with E-state index < -0.39 is 11.1 Å². The summed E-state index contributed by atoms with van der Waals surface area (Å²) in [6.45, 7) is 7.95. The van der Waals surface area contributed by atoms with E-state index in [4.69, 9.17) is 9.29 Å². The summed E-state index contributed by atoms with van der Waals surface area (Å²) in [7, 11) is 0. The Balaban J connectivity index is 2.44. The van der Waals surface area contributed by atoms with Crippen LogP contribution in [0.3, 0.4) is 0 Å². The second-order valence-electron chi connectivity index (χ2n) is 6.47. The summed E-state index contributed by atoms with van der Waals surface area (Å²) in [6, 6.07) is 13.7. The third-order valence-corrected chi connectivity index (χ3v) is 5.25. The fourth-order valence-electron chi connectivity index (χ4n) is 3.00. The summed E-state index contributed by atoms with van der Waals surface area (Å²) in [5.74, 6) is 0.546. The molecule has 1 N–H and O–H groups in total. The lowest BCUT2D eigenvalue weighted by molar-refractivity contribution is 0.111. The quantitative estimate of drug-likeness (QED) is 0.486. The van der Waals surface area contributed by atoms with E-state index in [2.05, 4.69) is 18.7 Å². The van der Waals surface area contributed by atoms with E-state index >= 15 is 0 Å². The Morgan fingerprint density at radius 3 is 2.41 bits per heavy atom. The normalized spacial score (nSPS) is 13.0. The highest BCUT2D eigenvalue weighted by Crippen LogP contribution is 2.36. The number of carbonyl (C=O) groups is 1. The molecule has 6 heteroatoms. The Kier molecular flexibility index (Phi) is 8.00. The topological polar surface area (TPSA) is 66.8 Å². The highest BCUT2D eigenvalue weighted by atomic mass is 32.2. The van der Waals surface area contributed by atoms with Gasteiger partial charge >= 0.3 is 0 Å². The Bertz CT molecular complexity index is 775. The van der Waals surface area contributed by atoms with E-state index in [1.165, 1.54) is 0 Å².